The van der Waals surface area contributed by atoms with Gasteiger partial charge in [0.25, 0.3) is 0 Å². The fourth-order valence-corrected chi connectivity index (χ4v) is 3.86. The van der Waals surface area contributed by atoms with Crippen molar-refractivity contribution in [1.29, 1.82) is 0 Å². The second kappa shape index (κ2) is 8.34. The Morgan fingerprint density at radius 3 is 2.74 bits per heavy atom. The zero-order valence-electron chi connectivity index (χ0n) is 15.4. The molecule has 1 amide bonds. The van der Waals surface area contributed by atoms with Crippen LogP contribution in [0.15, 0.2) is 0 Å². The van der Waals surface area contributed by atoms with Crippen LogP contribution in [-0.2, 0) is 4.74 Å². The van der Waals surface area contributed by atoms with Crippen LogP contribution in [0.4, 0.5) is 4.79 Å². The van der Waals surface area contributed by atoms with E-state index in [2.05, 4.69) is 22.5 Å². The molecular weight excluding hydrogens is 290 g/mol. The number of fused-ring (bicyclic) bond motifs is 1. The summed E-state index contributed by atoms with van der Waals surface area (Å²) < 4.78 is 5.34. The molecular formula is C18H35N3O2. The first-order valence-corrected chi connectivity index (χ1v) is 9.36. The number of ether oxygens (including phenoxy) is 1. The molecule has 0 aromatic heterocycles. The highest BCUT2D eigenvalue weighted by Crippen LogP contribution is 2.27. The molecule has 0 aliphatic carbocycles. The van der Waals surface area contributed by atoms with Crippen molar-refractivity contribution in [3.63, 3.8) is 0 Å². The number of piperidine rings is 1. The number of hydrogen-bond acceptors (Lipinski definition) is 4. The Labute approximate surface area is 141 Å². The summed E-state index contributed by atoms with van der Waals surface area (Å²) in [6.45, 7) is 11.0. The van der Waals surface area contributed by atoms with E-state index < -0.39 is 5.60 Å². The lowest BCUT2D eigenvalue weighted by Crippen LogP contribution is -2.51. The molecule has 2 fully saturated rings. The fourth-order valence-electron chi connectivity index (χ4n) is 3.86. The predicted octanol–water partition coefficient (Wildman–Crippen LogP) is 2.90. The molecule has 3 unspecified atom stereocenters. The average Bonchev–Trinajstić information content (AvgIpc) is 2.87. The van der Waals surface area contributed by atoms with Crippen LogP contribution < -0.4 is 10.6 Å². The summed E-state index contributed by atoms with van der Waals surface area (Å²) >= 11 is 0. The van der Waals surface area contributed by atoms with Crippen LogP contribution in [0.3, 0.4) is 0 Å². The van der Waals surface area contributed by atoms with Crippen molar-refractivity contribution in [2.45, 2.75) is 89.9 Å². The molecule has 5 nitrogen and oxygen atoms in total. The summed E-state index contributed by atoms with van der Waals surface area (Å²) in [5.41, 5.74) is -0.439. The Morgan fingerprint density at radius 2 is 2.04 bits per heavy atom. The van der Waals surface area contributed by atoms with E-state index in [0.717, 1.165) is 12.8 Å². The minimum atomic E-state index is -0.439. The lowest BCUT2D eigenvalue weighted by Gasteiger charge is -2.34. The molecule has 134 valence electrons. The zero-order chi connectivity index (χ0) is 16.9. The van der Waals surface area contributed by atoms with Crippen LogP contribution in [0.2, 0.25) is 0 Å². The second-order valence-electron chi connectivity index (χ2n) is 8.03. The third-order valence-corrected chi connectivity index (χ3v) is 4.83. The number of amides is 1. The standard InChI is InChI=1S/C18H35N3O2/c1-5-8-14(13-19-17(22)23-18(2,3)4)20-15-10-12-21-11-7-6-9-16(15)21/h14-16,20H,5-13H2,1-4H3,(H,19,22). The molecule has 0 saturated carbocycles. The molecule has 2 aliphatic heterocycles. The lowest BCUT2D eigenvalue weighted by molar-refractivity contribution is 0.0520. The van der Waals surface area contributed by atoms with Crippen LogP contribution in [0.1, 0.15) is 66.2 Å². The maximum absolute atomic E-state index is 11.9. The smallest absolute Gasteiger partial charge is 0.407 e. The molecule has 0 bridgehead atoms. The number of carbonyl (C=O) groups excluding carboxylic acids is 1. The van der Waals surface area contributed by atoms with Crippen molar-refractivity contribution in [2.24, 2.45) is 0 Å². The molecule has 2 saturated heterocycles. The molecule has 0 radical (unpaired) electrons. The monoisotopic (exact) mass is 325 g/mol. The Kier molecular flexibility index (Phi) is 6.72. The normalized spacial score (nSPS) is 26.6. The number of alkyl carbamates (subject to hydrolysis) is 1. The minimum absolute atomic E-state index is 0.314. The molecule has 2 heterocycles. The molecule has 2 rings (SSSR count). The van der Waals surface area contributed by atoms with Gasteiger partial charge in [0.2, 0.25) is 0 Å². The number of carbonyl (C=O) groups is 1. The van der Waals surface area contributed by atoms with Crippen LogP contribution in [-0.4, -0.2) is 54.4 Å². The summed E-state index contributed by atoms with van der Waals surface area (Å²) in [6.07, 6.45) is 7.14. The summed E-state index contributed by atoms with van der Waals surface area (Å²) in [7, 11) is 0. The topological polar surface area (TPSA) is 53.6 Å². The van der Waals surface area contributed by atoms with Gasteiger partial charge in [-0.15, -0.1) is 0 Å². The van der Waals surface area contributed by atoms with Crippen molar-refractivity contribution in [1.82, 2.24) is 15.5 Å². The highest BCUT2D eigenvalue weighted by atomic mass is 16.6. The third-order valence-electron chi connectivity index (χ3n) is 4.83. The number of rotatable bonds is 6. The van der Waals surface area contributed by atoms with E-state index in [1.54, 1.807) is 0 Å². The quantitative estimate of drug-likeness (QED) is 0.788. The first kappa shape index (κ1) is 18.5. The van der Waals surface area contributed by atoms with Crippen molar-refractivity contribution >= 4 is 6.09 Å². The van der Waals surface area contributed by atoms with E-state index in [1.165, 1.54) is 38.8 Å². The fraction of sp³-hybridized carbons (Fsp3) is 0.944. The van der Waals surface area contributed by atoms with Crippen LogP contribution >= 0.6 is 0 Å². The van der Waals surface area contributed by atoms with Crippen LogP contribution in [0.5, 0.6) is 0 Å². The van der Waals surface area contributed by atoms with E-state index in [-0.39, 0.29) is 6.09 Å². The lowest BCUT2D eigenvalue weighted by atomic mass is 9.98. The zero-order valence-corrected chi connectivity index (χ0v) is 15.4. The molecule has 3 atom stereocenters. The summed E-state index contributed by atoms with van der Waals surface area (Å²) in [6, 6.07) is 1.61. The maximum Gasteiger partial charge on any atom is 0.407 e. The minimum Gasteiger partial charge on any atom is -0.444 e. The number of nitrogens with one attached hydrogen (secondary N) is 2. The number of nitrogens with zero attached hydrogens (tertiary/aromatic N) is 1. The van der Waals surface area contributed by atoms with Crippen molar-refractivity contribution in [3.05, 3.63) is 0 Å². The Balaban J connectivity index is 1.80. The van der Waals surface area contributed by atoms with Gasteiger partial charge in [0.05, 0.1) is 0 Å². The van der Waals surface area contributed by atoms with Gasteiger partial charge in [0.15, 0.2) is 0 Å². The Bertz CT molecular complexity index is 381. The van der Waals surface area contributed by atoms with Gasteiger partial charge in [-0.1, -0.05) is 19.8 Å². The number of hydrogen-bond donors (Lipinski definition) is 2. The van der Waals surface area contributed by atoms with Crippen molar-refractivity contribution < 1.29 is 9.53 Å². The van der Waals surface area contributed by atoms with Gasteiger partial charge in [-0.2, -0.15) is 0 Å². The van der Waals surface area contributed by atoms with Crippen molar-refractivity contribution in [2.75, 3.05) is 19.6 Å². The Hall–Kier alpha value is -0.810. The SMILES string of the molecule is CCCC(CNC(=O)OC(C)(C)C)NC1CCN2CCCCC12. The summed E-state index contributed by atoms with van der Waals surface area (Å²) in [5.74, 6) is 0. The summed E-state index contributed by atoms with van der Waals surface area (Å²) in [4.78, 5) is 14.5. The average molecular weight is 325 g/mol. The predicted molar refractivity (Wildman–Crippen MR) is 93.7 cm³/mol. The maximum atomic E-state index is 11.9. The highest BCUT2D eigenvalue weighted by molar-refractivity contribution is 5.67. The molecule has 5 heteroatoms. The molecule has 23 heavy (non-hydrogen) atoms. The van der Waals surface area contributed by atoms with Gasteiger partial charge in [-0.05, 0) is 53.0 Å². The van der Waals surface area contributed by atoms with Crippen LogP contribution in [0.25, 0.3) is 0 Å². The van der Waals surface area contributed by atoms with Gasteiger partial charge in [0.1, 0.15) is 5.60 Å². The van der Waals surface area contributed by atoms with Gasteiger partial charge in [-0.25, -0.2) is 4.79 Å². The first-order chi connectivity index (χ1) is 10.9. The molecule has 2 aliphatic rings. The van der Waals surface area contributed by atoms with E-state index in [1.807, 2.05) is 20.8 Å². The van der Waals surface area contributed by atoms with Gasteiger partial charge >= 0.3 is 6.09 Å². The Morgan fingerprint density at radius 1 is 1.26 bits per heavy atom. The molecule has 0 aromatic carbocycles. The van der Waals surface area contributed by atoms with Crippen LogP contribution in [0, 0.1) is 0 Å². The molecule has 2 N–H and O–H groups in total. The first-order valence-electron chi connectivity index (χ1n) is 9.36. The van der Waals surface area contributed by atoms with E-state index in [0.29, 0.717) is 24.7 Å². The largest absolute Gasteiger partial charge is 0.444 e. The van der Waals surface area contributed by atoms with E-state index >= 15 is 0 Å². The highest BCUT2D eigenvalue weighted by Gasteiger charge is 2.36. The summed E-state index contributed by atoms with van der Waals surface area (Å²) in [5, 5.41) is 6.76. The van der Waals surface area contributed by atoms with Gasteiger partial charge in [0, 0.05) is 31.2 Å². The van der Waals surface area contributed by atoms with E-state index in [4.69, 9.17) is 4.74 Å². The molecule has 0 spiro atoms. The molecule has 0 aromatic rings. The van der Waals surface area contributed by atoms with E-state index in [9.17, 15) is 4.79 Å². The van der Waals surface area contributed by atoms with Gasteiger partial charge < -0.3 is 15.4 Å². The second-order valence-corrected chi connectivity index (χ2v) is 8.03. The van der Waals surface area contributed by atoms with Gasteiger partial charge in [-0.3, -0.25) is 4.90 Å². The van der Waals surface area contributed by atoms with Crippen molar-refractivity contribution in [3.8, 4) is 0 Å². The third kappa shape index (κ3) is 5.96.